The number of nitrogens with one attached hydrogen (secondary N) is 1. The number of carbonyl (C=O) groups is 1. The van der Waals surface area contributed by atoms with E-state index in [1.165, 1.54) is 0 Å². The van der Waals surface area contributed by atoms with Gasteiger partial charge in [0.15, 0.2) is 0 Å². The normalized spacial score (nSPS) is 12.2. The molecule has 100 valence electrons. The third-order valence-corrected chi connectivity index (χ3v) is 4.31. The molecule has 2 aromatic rings. The maximum atomic E-state index is 12.1. The molecule has 0 radical (unpaired) electrons. The van der Waals surface area contributed by atoms with Crippen molar-refractivity contribution in [1.29, 1.82) is 0 Å². The number of hydrogen-bond acceptors (Lipinski definition) is 3. The largest absolute Gasteiger partial charge is 0.344 e. The van der Waals surface area contributed by atoms with Crippen LogP contribution in [0.1, 0.15) is 40.9 Å². The van der Waals surface area contributed by atoms with E-state index in [1.807, 2.05) is 24.4 Å². The molecule has 1 heterocycles. The second kappa shape index (κ2) is 6.30. The summed E-state index contributed by atoms with van der Waals surface area (Å²) in [5.74, 6) is -0.0777. The Labute approximate surface area is 125 Å². The summed E-state index contributed by atoms with van der Waals surface area (Å²) in [4.78, 5) is 16.6. The molecule has 0 bridgehead atoms. The Morgan fingerprint density at radius 2 is 2.11 bits per heavy atom. The molecule has 3 nitrogen and oxygen atoms in total. The number of halogens is 1. The first-order valence-corrected chi connectivity index (χ1v) is 7.78. The van der Waals surface area contributed by atoms with E-state index in [2.05, 4.69) is 33.2 Å². The number of amides is 1. The van der Waals surface area contributed by atoms with Crippen LogP contribution in [0.25, 0.3) is 0 Å². The molecule has 1 unspecified atom stereocenters. The van der Waals surface area contributed by atoms with Crippen molar-refractivity contribution >= 4 is 33.2 Å². The zero-order chi connectivity index (χ0) is 13.8. The van der Waals surface area contributed by atoms with Gasteiger partial charge in [-0.25, -0.2) is 4.98 Å². The van der Waals surface area contributed by atoms with Gasteiger partial charge in [0.25, 0.3) is 5.91 Å². The summed E-state index contributed by atoms with van der Waals surface area (Å²) < 4.78 is 0.962. The highest BCUT2D eigenvalue weighted by molar-refractivity contribution is 9.10. The number of rotatable bonds is 4. The van der Waals surface area contributed by atoms with Gasteiger partial charge in [0, 0.05) is 15.4 Å². The molecule has 0 aliphatic heterocycles. The Bertz CT molecular complexity index is 565. The molecule has 0 saturated heterocycles. The number of carbonyl (C=O) groups excluding carboxylic acids is 1. The monoisotopic (exact) mass is 338 g/mol. The first-order chi connectivity index (χ1) is 9.10. The van der Waals surface area contributed by atoms with Crippen LogP contribution in [0.2, 0.25) is 0 Å². The maximum absolute atomic E-state index is 12.1. The van der Waals surface area contributed by atoms with Crippen molar-refractivity contribution in [3.8, 4) is 0 Å². The van der Waals surface area contributed by atoms with Crippen molar-refractivity contribution in [3.63, 3.8) is 0 Å². The lowest BCUT2D eigenvalue weighted by atomic mass is 10.2. The molecule has 1 N–H and O–H groups in total. The Morgan fingerprint density at radius 1 is 1.42 bits per heavy atom. The summed E-state index contributed by atoms with van der Waals surface area (Å²) in [6.07, 6.45) is 0.929. The maximum Gasteiger partial charge on any atom is 0.251 e. The third kappa shape index (κ3) is 3.64. The fourth-order valence-electron chi connectivity index (χ4n) is 1.64. The number of thiazole rings is 1. The topological polar surface area (TPSA) is 42.0 Å². The molecule has 0 aliphatic carbocycles. The quantitative estimate of drug-likeness (QED) is 0.916. The van der Waals surface area contributed by atoms with Crippen molar-refractivity contribution in [2.24, 2.45) is 0 Å². The molecule has 0 fully saturated rings. The van der Waals surface area contributed by atoms with Gasteiger partial charge in [0.05, 0.1) is 16.7 Å². The summed E-state index contributed by atoms with van der Waals surface area (Å²) >= 11 is 4.99. The van der Waals surface area contributed by atoms with Crippen LogP contribution in [-0.2, 0) is 6.42 Å². The van der Waals surface area contributed by atoms with E-state index in [0.717, 1.165) is 21.6 Å². The van der Waals surface area contributed by atoms with Gasteiger partial charge < -0.3 is 5.32 Å². The van der Waals surface area contributed by atoms with Gasteiger partial charge in [-0.2, -0.15) is 0 Å². The van der Waals surface area contributed by atoms with Crippen LogP contribution >= 0.6 is 27.3 Å². The average Bonchev–Trinajstić information content (AvgIpc) is 2.88. The minimum atomic E-state index is -0.0777. The van der Waals surface area contributed by atoms with Gasteiger partial charge in [-0.15, -0.1) is 11.3 Å². The lowest BCUT2D eigenvalue weighted by molar-refractivity contribution is 0.0939. The third-order valence-electron chi connectivity index (χ3n) is 2.77. The second-order valence-electron chi connectivity index (χ2n) is 4.22. The summed E-state index contributed by atoms with van der Waals surface area (Å²) in [5.41, 5.74) is 1.58. The Hall–Kier alpha value is -1.20. The Morgan fingerprint density at radius 3 is 2.68 bits per heavy atom. The molecule has 1 aromatic carbocycles. The SMILES string of the molecule is CCc1nc(C(C)NC(=O)c2ccc(Br)cc2)cs1. The van der Waals surface area contributed by atoms with Crippen LogP contribution in [0.3, 0.4) is 0 Å². The van der Waals surface area contributed by atoms with Crippen molar-refractivity contribution in [2.75, 3.05) is 0 Å². The Balaban J connectivity index is 2.04. The smallest absolute Gasteiger partial charge is 0.251 e. The number of aryl methyl sites for hydroxylation is 1. The Kier molecular flexibility index (Phi) is 4.71. The van der Waals surface area contributed by atoms with Crippen molar-refractivity contribution in [2.45, 2.75) is 26.3 Å². The summed E-state index contributed by atoms with van der Waals surface area (Å²) in [5, 5.41) is 6.06. The molecule has 0 aliphatic rings. The number of benzene rings is 1. The predicted molar refractivity (Wildman–Crippen MR) is 81.5 cm³/mol. The zero-order valence-electron chi connectivity index (χ0n) is 10.8. The number of aromatic nitrogens is 1. The number of nitrogens with zero attached hydrogens (tertiary/aromatic N) is 1. The van der Waals surface area contributed by atoms with Crippen molar-refractivity contribution in [1.82, 2.24) is 10.3 Å². The minimum Gasteiger partial charge on any atom is -0.344 e. The van der Waals surface area contributed by atoms with E-state index in [4.69, 9.17) is 0 Å². The van der Waals surface area contributed by atoms with E-state index in [9.17, 15) is 4.79 Å². The van der Waals surface area contributed by atoms with Crippen LogP contribution in [0.15, 0.2) is 34.1 Å². The van der Waals surface area contributed by atoms with Crippen LogP contribution < -0.4 is 5.32 Å². The zero-order valence-corrected chi connectivity index (χ0v) is 13.2. The van der Waals surface area contributed by atoms with Gasteiger partial charge in [-0.1, -0.05) is 22.9 Å². The molecule has 2 rings (SSSR count). The van der Waals surface area contributed by atoms with E-state index in [1.54, 1.807) is 23.5 Å². The molecule has 1 amide bonds. The molecule has 5 heteroatoms. The highest BCUT2D eigenvalue weighted by Crippen LogP contribution is 2.18. The van der Waals surface area contributed by atoms with E-state index in [0.29, 0.717) is 5.56 Å². The minimum absolute atomic E-state index is 0.0762. The van der Waals surface area contributed by atoms with E-state index < -0.39 is 0 Å². The lowest BCUT2D eigenvalue weighted by Crippen LogP contribution is -2.26. The van der Waals surface area contributed by atoms with E-state index >= 15 is 0 Å². The van der Waals surface area contributed by atoms with Gasteiger partial charge in [0.1, 0.15) is 0 Å². The van der Waals surface area contributed by atoms with Crippen LogP contribution in [0, 0.1) is 0 Å². The van der Waals surface area contributed by atoms with E-state index in [-0.39, 0.29) is 11.9 Å². The van der Waals surface area contributed by atoms with Gasteiger partial charge in [-0.05, 0) is 37.6 Å². The van der Waals surface area contributed by atoms with Gasteiger partial charge >= 0.3 is 0 Å². The molecule has 19 heavy (non-hydrogen) atoms. The van der Waals surface area contributed by atoms with Crippen LogP contribution in [0.4, 0.5) is 0 Å². The predicted octanol–water partition coefficient (Wildman–Crippen LogP) is 3.96. The van der Waals surface area contributed by atoms with Gasteiger partial charge in [0.2, 0.25) is 0 Å². The van der Waals surface area contributed by atoms with Gasteiger partial charge in [-0.3, -0.25) is 4.79 Å². The molecule has 1 aromatic heterocycles. The van der Waals surface area contributed by atoms with Crippen LogP contribution in [0.5, 0.6) is 0 Å². The highest BCUT2D eigenvalue weighted by Gasteiger charge is 2.13. The first kappa shape index (κ1) is 14.2. The highest BCUT2D eigenvalue weighted by atomic mass is 79.9. The van der Waals surface area contributed by atoms with Crippen molar-refractivity contribution in [3.05, 3.63) is 50.4 Å². The molecular formula is C14H15BrN2OS. The molecule has 0 spiro atoms. The molecule has 1 atom stereocenters. The fourth-order valence-corrected chi connectivity index (χ4v) is 2.74. The molecular weight excluding hydrogens is 324 g/mol. The standard InChI is InChI=1S/C14H15BrN2OS/c1-3-13-17-12(8-19-13)9(2)16-14(18)10-4-6-11(15)7-5-10/h4-9H,3H2,1-2H3,(H,16,18). The lowest BCUT2D eigenvalue weighted by Gasteiger charge is -2.11. The van der Waals surface area contributed by atoms with Crippen molar-refractivity contribution < 1.29 is 4.79 Å². The second-order valence-corrected chi connectivity index (χ2v) is 6.08. The van der Waals surface area contributed by atoms with Crippen LogP contribution in [-0.4, -0.2) is 10.9 Å². The molecule has 0 saturated carbocycles. The summed E-state index contributed by atoms with van der Waals surface area (Å²) in [6, 6.07) is 7.23. The summed E-state index contributed by atoms with van der Waals surface area (Å²) in [7, 11) is 0. The average molecular weight is 339 g/mol. The number of hydrogen-bond donors (Lipinski definition) is 1. The fraction of sp³-hybridized carbons (Fsp3) is 0.286. The first-order valence-electron chi connectivity index (χ1n) is 6.11. The summed E-state index contributed by atoms with van der Waals surface area (Å²) in [6.45, 7) is 4.03.